The van der Waals surface area contributed by atoms with E-state index in [2.05, 4.69) is 26.9 Å². The van der Waals surface area contributed by atoms with Gasteiger partial charge in [0.2, 0.25) is 0 Å². The summed E-state index contributed by atoms with van der Waals surface area (Å²) in [6.45, 7) is 5.75. The number of aromatic nitrogens is 3. The quantitative estimate of drug-likeness (QED) is 0.797. The second-order valence-corrected chi connectivity index (χ2v) is 7.51. The molecule has 2 fully saturated rings. The second-order valence-electron chi connectivity index (χ2n) is 7.51. The van der Waals surface area contributed by atoms with Gasteiger partial charge in [0.05, 0.1) is 6.54 Å². The number of imidazole rings is 1. The molecule has 27 heavy (non-hydrogen) atoms. The first-order chi connectivity index (χ1) is 13.2. The highest BCUT2D eigenvalue weighted by molar-refractivity contribution is 5.92. The number of hydrogen-bond donors (Lipinski definition) is 1. The van der Waals surface area contributed by atoms with Crippen LogP contribution in [-0.2, 0) is 24.4 Å². The van der Waals surface area contributed by atoms with E-state index < -0.39 is 0 Å². The van der Waals surface area contributed by atoms with Crippen molar-refractivity contribution in [3.05, 3.63) is 35.7 Å². The zero-order valence-electron chi connectivity index (χ0n) is 16.0. The van der Waals surface area contributed by atoms with Crippen LogP contribution in [0.15, 0.2) is 23.0 Å². The van der Waals surface area contributed by atoms with Gasteiger partial charge in [-0.1, -0.05) is 5.16 Å². The van der Waals surface area contributed by atoms with Crippen molar-refractivity contribution in [1.29, 1.82) is 0 Å². The first-order valence-electron chi connectivity index (χ1n) is 9.63. The Labute approximate surface area is 158 Å². The van der Waals surface area contributed by atoms with Crippen LogP contribution in [0.4, 0.5) is 0 Å². The second kappa shape index (κ2) is 7.44. The normalized spacial score (nSPS) is 20.7. The molecule has 1 saturated heterocycles. The molecule has 4 rings (SSSR count). The standard InChI is InChI=1S/C19H27N5O3/c1-3-23-9-8-21-17(23)12-24(16-11-19(16)4-6-20-7-5-19)18(25)15-10-14(13-26-2)27-22-15/h8-10,16,20H,3-7,11-13H2,1-2H3/t16-/m1/s1. The van der Waals surface area contributed by atoms with Gasteiger partial charge in [0.15, 0.2) is 11.5 Å². The zero-order valence-corrected chi connectivity index (χ0v) is 16.0. The predicted octanol–water partition coefficient (Wildman–Crippen LogP) is 1.82. The number of amides is 1. The van der Waals surface area contributed by atoms with Gasteiger partial charge in [0, 0.05) is 38.2 Å². The number of aryl methyl sites for hydroxylation is 1. The van der Waals surface area contributed by atoms with Crippen LogP contribution in [0.5, 0.6) is 0 Å². The average Bonchev–Trinajstić information content (AvgIpc) is 3.06. The van der Waals surface area contributed by atoms with Gasteiger partial charge in [-0.15, -0.1) is 0 Å². The number of carbonyl (C=O) groups is 1. The van der Waals surface area contributed by atoms with Crippen LogP contribution in [0, 0.1) is 5.41 Å². The Morgan fingerprint density at radius 2 is 2.30 bits per heavy atom. The molecule has 0 unspecified atom stereocenters. The van der Waals surface area contributed by atoms with Crippen LogP contribution in [-0.4, -0.2) is 51.8 Å². The smallest absolute Gasteiger partial charge is 0.276 e. The predicted molar refractivity (Wildman–Crippen MR) is 97.9 cm³/mol. The average molecular weight is 373 g/mol. The first-order valence-corrected chi connectivity index (χ1v) is 9.63. The van der Waals surface area contributed by atoms with Crippen LogP contribution in [0.2, 0.25) is 0 Å². The van der Waals surface area contributed by atoms with Gasteiger partial charge in [-0.05, 0) is 44.7 Å². The molecular formula is C19H27N5O3. The third-order valence-corrected chi connectivity index (χ3v) is 5.90. The Hall–Kier alpha value is -2.19. The molecule has 1 amide bonds. The van der Waals surface area contributed by atoms with Crippen molar-refractivity contribution in [1.82, 2.24) is 24.9 Å². The molecule has 1 aliphatic carbocycles. The molecule has 0 aromatic carbocycles. The number of methoxy groups -OCH3 is 1. The minimum absolute atomic E-state index is 0.0906. The number of ether oxygens (including phenoxy) is 1. The van der Waals surface area contributed by atoms with Crippen LogP contribution in [0.3, 0.4) is 0 Å². The summed E-state index contributed by atoms with van der Waals surface area (Å²) in [4.78, 5) is 19.7. The SMILES string of the molecule is CCn1ccnc1CN(C(=O)c1cc(COC)on1)[C@@H]1CC12CCNCC2. The lowest BCUT2D eigenvalue weighted by molar-refractivity contribution is 0.0674. The summed E-state index contributed by atoms with van der Waals surface area (Å²) in [5.74, 6) is 1.37. The highest BCUT2D eigenvalue weighted by Crippen LogP contribution is 2.56. The molecule has 0 radical (unpaired) electrons. The summed E-state index contributed by atoms with van der Waals surface area (Å²) in [5.41, 5.74) is 0.580. The van der Waals surface area contributed by atoms with E-state index >= 15 is 0 Å². The lowest BCUT2D eigenvalue weighted by Gasteiger charge is -2.29. The van der Waals surface area contributed by atoms with Crippen LogP contribution < -0.4 is 5.32 Å². The van der Waals surface area contributed by atoms with Gasteiger partial charge in [0.25, 0.3) is 5.91 Å². The van der Waals surface area contributed by atoms with Gasteiger partial charge >= 0.3 is 0 Å². The summed E-state index contributed by atoms with van der Waals surface area (Å²) < 4.78 is 12.4. The number of nitrogens with one attached hydrogen (secondary N) is 1. The van der Waals surface area contributed by atoms with E-state index in [1.54, 1.807) is 19.4 Å². The Morgan fingerprint density at radius 1 is 1.48 bits per heavy atom. The Balaban J connectivity index is 1.58. The summed E-state index contributed by atoms with van der Waals surface area (Å²) in [7, 11) is 1.59. The van der Waals surface area contributed by atoms with E-state index in [0.29, 0.717) is 24.6 Å². The lowest BCUT2D eigenvalue weighted by atomic mass is 9.93. The fourth-order valence-electron chi connectivity index (χ4n) is 4.26. The topological polar surface area (TPSA) is 85.4 Å². The van der Waals surface area contributed by atoms with E-state index in [0.717, 1.165) is 44.7 Å². The number of carbonyl (C=O) groups excluding carboxylic acids is 1. The molecule has 1 spiro atoms. The van der Waals surface area contributed by atoms with E-state index in [1.807, 2.05) is 11.1 Å². The van der Waals surface area contributed by atoms with Crippen molar-refractivity contribution in [2.75, 3.05) is 20.2 Å². The molecule has 1 N–H and O–H groups in total. The largest absolute Gasteiger partial charge is 0.377 e. The van der Waals surface area contributed by atoms with Gasteiger partial charge in [-0.2, -0.15) is 0 Å². The highest BCUT2D eigenvalue weighted by atomic mass is 16.5. The summed E-state index contributed by atoms with van der Waals surface area (Å²) in [6.07, 6.45) is 7.02. The maximum Gasteiger partial charge on any atom is 0.276 e. The molecule has 2 aromatic heterocycles. The maximum absolute atomic E-state index is 13.3. The number of piperidine rings is 1. The molecule has 2 aromatic rings. The Kier molecular flexibility index (Phi) is 5.01. The van der Waals surface area contributed by atoms with Crippen molar-refractivity contribution in [3.8, 4) is 0 Å². The summed E-state index contributed by atoms with van der Waals surface area (Å²) in [5, 5.41) is 7.41. The number of hydrogen-bond acceptors (Lipinski definition) is 6. The molecule has 1 atom stereocenters. The molecular weight excluding hydrogens is 346 g/mol. The van der Waals surface area contributed by atoms with Crippen molar-refractivity contribution in [2.24, 2.45) is 5.41 Å². The van der Waals surface area contributed by atoms with Crippen molar-refractivity contribution in [3.63, 3.8) is 0 Å². The fourth-order valence-corrected chi connectivity index (χ4v) is 4.26. The highest BCUT2D eigenvalue weighted by Gasteiger charge is 2.58. The molecule has 1 saturated carbocycles. The van der Waals surface area contributed by atoms with E-state index in [9.17, 15) is 4.79 Å². The zero-order chi connectivity index (χ0) is 18.9. The third-order valence-electron chi connectivity index (χ3n) is 5.90. The van der Waals surface area contributed by atoms with Crippen LogP contribution >= 0.6 is 0 Å². The lowest BCUT2D eigenvalue weighted by Crippen LogP contribution is -2.39. The van der Waals surface area contributed by atoms with Crippen LogP contribution in [0.25, 0.3) is 0 Å². The van der Waals surface area contributed by atoms with Gasteiger partial charge in [0.1, 0.15) is 12.4 Å². The van der Waals surface area contributed by atoms with Gasteiger partial charge < -0.3 is 24.0 Å². The van der Waals surface area contributed by atoms with Gasteiger partial charge in [-0.3, -0.25) is 4.79 Å². The Morgan fingerprint density at radius 3 is 3.04 bits per heavy atom. The molecule has 3 heterocycles. The Bertz CT molecular complexity index is 793. The molecule has 2 aliphatic rings. The minimum atomic E-state index is -0.0906. The summed E-state index contributed by atoms with van der Waals surface area (Å²) in [6, 6.07) is 1.92. The number of nitrogens with zero attached hydrogens (tertiary/aromatic N) is 4. The van der Waals surface area contributed by atoms with Crippen molar-refractivity contribution in [2.45, 2.75) is 51.9 Å². The first kappa shape index (κ1) is 18.2. The summed E-state index contributed by atoms with van der Waals surface area (Å²) >= 11 is 0. The molecule has 8 heteroatoms. The maximum atomic E-state index is 13.3. The van der Waals surface area contributed by atoms with Crippen molar-refractivity contribution >= 4 is 5.91 Å². The van der Waals surface area contributed by atoms with E-state index in [4.69, 9.17) is 9.26 Å². The minimum Gasteiger partial charge on any atom is -0.377 e. The van der Waals surface area contributed by atoms with Crippen molar-refractivity contribution < 1.29 is 14.1 Å². The molecule has 146 valence electrons. The van der Waals surface area contributed by atoms with Crippen LogP contribution in [0.1, 0.15) is 48.3 Å². The fraction of sp³-hybridized carbons (Fsp3) is 0.632. The molecule has 8 nitrogen and oxygen atoms in total. The molecule has 1 aliphatic heterocycles. The third kappa shape index (κ3) is 3.51. The van der Waals surface area contributed by atoms with Gasteiger partial charge in [-0.25, -0.2) is 4.98 Å². The monoisotopic (exact) mass is 373 g/mol. The van der Waals surface area contributed by atoms with E-state index in [-0.39, 0.29) is 17.4 Å². The molecule has 0 bridgehead atoms. The van der Waals surface area contributed by atoms with E-state index in [1.165, 1.54) is 0 Å². The number of rotatable bonds is 7.